The second kappa shape index (κ2) is 5.64. The second-order valence-corrected chi connectivity index (χ2v) is 4.64. The summed E-state index contributed by atoms with van der Waals surface area (Å²) in [6.07, 6.45) is 0. The van der Waals surface area contributed by atoms with Crippen molar-refractivity contribution in [3.05, 3.63) is 58.1 Å². The summed E-state index contributed by atoms with van der Waals surface area (Å²) in [6, 6.07) is 12.8. The van der Waals surface area contributed by atoms with Crippen LogP contribution >= 0.6 is 11.6 Å². The molecule has 0 amide bonds. The van der Waals surface area contributed by atoms with Crippen molar-refractivity contribution in [2.75, 3.05) is 5.73 Å². The lowest BCUT2D eigenvalue weighted by Gasteiger charge is -2.10. The van der Waals surface area contributed by atoms with E-state index >= 15 is 0 Å². The van der Waals surface area contributed by atoms with Crippen LogP contribution in [0.3, 0.4) is 0 Å². The Balaban J connectivity index is 2.13. The summed E-state index contributed by atoms with van der Waals surface area (Å²) in [4.78, 5) is 0. The van der Waals surface area contributed by atoms with Gasteiger partial charge in [-0.1, -0.05) is 17.7 Å². The van der Waals surface area contributed by atoms with E-state index in [1.54, 1.807) is 24.3 Å². The fourth-order valence-corrected chi connectivity index (χ4v) is 1.96. The summed E-state index contributed by atoms with van der Waals surface area (Å²) in [5.74, 6) is 0.597. The van der Waals surface area contributed by atoms with E-state index in [9.17, 15) is 0 Å². The highest BCUT2D eigenvalue weighted by atomic mass is 35.5. The average Bonchev–Trinajstić information content (AvgIpc) is 2.39. The van der Waals surface area contributed by atoms with Gasteiger partial charge in [0.05, 0.1) is 16.7 Å². The largest absolute Gasteiger partial charge is 0.487 e. The molecule has 2 rings (SSSR count). The maximum absolute atomic E-state index is 8.81. The van der Waals surface area contributed by atoms with Crippen LogP contribution in [0.1, 0.15) is 16.7 Å². The number of nitrogen functional groups attached to an aromatic ring is 1. The summed E-state index contributed by atoms with van der Waals surface area (Å²) < 4.78 is 5.66. The lowest BCUT2D eigenvalue weighted by molar-refractivity contribution is 0.305. The molecule has 2 aromatic rings. The van der Waals surface area contributed by atoms with Crippen LogP contribution in [-0.2, 0) is 6.61 Å². The molecule has 0 aliphatic heterocycles. The van der Waals surface area contributed by atoms with E-state index < -0.39 is 0 Å². The smallest absolute Gasteiger partial charge is 0.138 e. The molecule has 0 fully saturated rings. The van der Waals surface area contributed by atoms with Crippen LogP contribution in [0, 0.1) is 18.3 Å². The Labute approximate surface area is 117 Å². The van der Waals surface area contributed by atoms with Crippen LogP contribution in [0.15, 0.2) is 36.4 Å². The van der Waals surface area contributed by atoms with Crippen molar-refractivity contribution in [3.63, 3.8) is 0 Å². The number of hydrogen-bond acceptors (Lipinski definition) is 3. The van der Waals surface area contributed by atoms with Crippen molar-refractivity contribution < 1.29 is 4.74 Å². The van der Waals surface area contributed by atoms with Gasteiger partial charge in [0.1, 0.15) is 12.4 Å². The SMILES string of the molecule is Cc1cc(C#N)ccc1COc1ccc(N)cc1Cl. The number of nitrogens with zero attached hydrogens (tertiary/aromatic N) is 1. The van der Waals surface area contributed by atoms with E-state index in [2.05, 4.69) is 6.07 Å². The summed E-state index contributed by atoms with van der Waals surface area (Å²) in [6.45, 7) is 2.35. The molecule has 4 heteroatoms. The van der Waals surface area contributed by atoms with Crippen LogP contribution in [-0.4, -0.2) is 0 Å². The van der Waals surface area contributed by atoms with Gasteiger partial charge in [-0.3, -0.25) is 0 Å². The zero-order valence-corrected chi connectivity index (χ0v) is 11.2. The molecule has 0 aromatic heterocycles. The van der Waals surface area contributed by atoms with Crippen molar-refractivity contribution in [1.29, 1.82) is 5.26 Å². The highest BCUT2D eigenvalue weighted by Gasteiger charge is 2.04. The number of anilines is 1. The highest BCUT2D eigenvalue weighted by Crippen LogP contribution is 2.27. The molecular formula is C15H13ClN2O. The molecule has 0 saturated carbocycles. The molecule has 3 nitrogen and oxygen atoms in total. The molecule has 0 radical (unpaired) electrons. The minimum Gasteiger partial charge on any atom is -0.487 e. The number of rotatable bonds is 3. The van der Waals surface area contributed by atoms with Crippen LogP contribution in [0.25, 0.3) is 0 Å². The molecule has 0 unspecified atom stereocenters. The third kappa shape index (κ3) is 3.18. The first-order valence-electron chi connectivity index (χ1n) is 5.77. The van der Waals surface area contributed by atoms with Gasteiger partial charge >= 0.3 is 0 Å². The summed E-state index contributed by atoms with van der Waals surface area (Å²) >= 11 is 6.04. The van der Waals surface area contributed by atoms with Gasteiger partial charge in [0.2, 0.25) is 0 Å². The standard InChI is InChI=1S/C15H13ClN2O/c1-10-6-11(8-17)2-3-12(10)9-19-15-5-4-13(18)7-14(15)16/h2-7H,9,18H2,1H3. The van der Waals surface area contributed by atoms with Gasteiger partial charge < -0.3 is 10.5 Å². The molecule has 2 N–H and O–H groups in total. The monoisotopic (exact) mass is 272 g/mol. The quantitative estimate of drug-likeness (QED) is 0.867. The zero-order chi connectivity index (χ0) is 13.8. The second-order valence-electron chi connectivity index (χ2n) is 4.23. The highest BCUT2D eigenvalue weighted by molar-refractivity contribution is 6.32. The molecule has 0 aliphatic carbocycles. The number of aryl methyl sites for hydroxylation is 1. The van der Waals surface area contributed by atoms with Crippen LogP contribution in [0.2, 0.25) is 5.02 Å². The molecule has 0 saturated heterocycles. The van der Waals surface area contributed by atoms with Crippen molar-refractivity contribution in [1.82, 2.24) is 0 Å². The molecular weight excluding hydrogens is 260 g/mol. The van der Waals surface area contributed by atoms with Crippen LogP contribution in [0.5, 0.6) is 5.75 Å². The summed E-state index contributed by atoms with van der Waals surface area (Å²) in [5, 5.41) is 9.30. The van der Waals surface area contributed by atoms with Crippen molar-refractivity contribution in [2.45, 2.75) is 13.5 Å². The minimum atomic E-state index is 0.404. The van der Waals surface area contributed by atoms with E-state index in [4.69, 9.17) is 27.3 Å². The first-order chi connectivity index (χ1) is 9.10. The Morgan fingerprint density at radius 3 is 2.68 bits per heavy atom. The Bertz CT molecular complexity index is 647. The van der Waals surface area contributed by atoms with E-state index in [1.807, 2.05) is 19.1 Å². The maximum Gasteiger partial charge on any atom is 0.138 e. The van der Waals surface area contributed by atoms with E-state index in [0.29, 0.717) is 28.6 Å². The molecule has 19 heavy (non-hydrogen) atoms. The minimum absolute atomic E-state index is 0.404. The maximum atomic E-state index is 8.81. The molecule has 0 atom stereocenters. The van der Waals surface area contributed by atoms with Gasteiger partial charge in [-0.25, -0.2) is 0 Å². The Kier molecular flexibility index (Phi) is 3.94. The number of halogens is 1. The van der Waals surface area contributed by atoms with E-state index in [-0.39, 0.29) is 0 Å². The molecule has 0 bridgehead atoms. The van der Waals surface area contributed by atoms with Crippen LogP contribution < -0.4 is 10.5 Å². The normalized spacial score (nSPS) is 9.95. The first kappa shape index (κ1) is 13.3. The number of ether oxygens (including phenoxy) is 1. The van der Waals surface area contributed by atoms with E-state index in [0.717, 1.165) is 11.1 Å². The fraction of sp³-hybridized carbons (Fsp3) is 0.133. The number of nitrogens with two attached hydrogens (primary N) is 1. The van der Waals surface area contributed by atoms with Gasteiger partial charge in [-0.05, 0) is 48.4 Å². The molecule has 0 aliphatic rings. The predicted molar refractivity (Wildman–Crippen MR) is 76.1 cm³/mol. The van der Waals surface area contributed by atoms with Gasteiger partial charge in [0, 0.05) is 5.69 Å². The molecule has 96 valence electrons. The Morgan fingerprint density at radius 1 is 1.26 bits per heavy atom. The van der Waals surface area contributed by atoms with Gasteiger partial charge in [0.15, 0.2) is 0 Å². The predicted octanol–water partition coefficient (Wildman–Crippen LogP) is 3.68. The molecule has 2 aromatic carbocycles. The molecule has 0 heterocycles. The molecule has 0 spiro atoms. The lowest BCUT2D eigenvalue weighted by atomic mass is 10.1. The van der Waals surface area contributed by atoms with Crippen molar-refractivity contribution >= 4 is 17.3 Å². The lowest BCUT2D eigenvalue weighted by Crippen LogP contribution is -1.99. The third-order valence-electron chi connectivity index (χ3n) is 2.81. The third-order valence-corrected chi connectivity index (χ3v) is 3.11. The zero-order valence-electron chi connectivity index (χ0n) is 10.5. The van der Waals surface area contributed by atoms with E-state index in [1.165, 1.54) is 0 Å². The number of benzene rings is 2. The summed E-state index contributed by atoms with van der Waals surface area (Å²) in [5.41, 5.74) is 8.91. The topological polar surface area (TPSA) is 59.0 Å². The Morgan fingerprint density at radius 2 is 2.05 bits per heavy atom. The fourth-order valence-electron chi connectivity index (χ4n) is 1.72. The van der Waals surface area contributed by atoms with Crippen molar-refractivity contribution in [2.24, 2.45) is 0 Å². The van der Waals surface area contributed by atoms with Gasteiger partial charge in [0.25, 0.3) is 0 Å². The summed E-state index contributed by atoms with van der Waals surface area (Å²) in [7, 11) is 0. The first-order valence-corrected chi connectivity index (χ1v) is 6.15. The van der Waals surface area contributed by atoms with Crippen molar-refractivity contribution in [3.8, 4) is 11.8 Å². The number of nitriles is 1. The number of hydrogen-bond donors (Lipinski definition) is 1. The average molecular weight is 273 g/mol. The Hall–Kier alpha value is -2.18. The van der Waals surface area contributed by atoms with Crippen LogP contribution in [0.4, 0.5) is 5.69 Å². The van der Waals surface area contributed by atoms with Gasteiger partial charge in [-0.2, -0.15) is 5.26 Å². The van der Waals surface area contributed by atoms with Gasteiger partial charge in [-0.15, -0.1) is 0 Å².